The van der Waals surface area contributed by atoms with Crippen molar-refractivity contribution >= 4 is 6.21 Å². The molecule has 0 saturated heterocycles. The molecule has 11 heavy (non-hydrogen) atoms. The van der Waals surface area contributed by atoms with Gasteiger partial charge in [-0.05, 0) is 18.9 Å². The van der Waals surface area contributed by atoms with Gasteiger partial charge >= 0.3 is 0 Å². The molecule has 0 aromatic carbocycles. The maximum Gasteiger partial charge on any atom is 0.0834 e. The molecule has 0 fully saturated rings. The molecule has 0 amide bonds. The van der Waals surface area contributed by atoms with E-state index in [1.54, 1.807) is 6.21 Å². The van der Waals surface area contributed by atoms with Crippen molar-refractivity contribution in [3.05, 3.63) is 12.2 Å². The molecule has 0 aromatic heterocycles. The monoisotopic (exact) mass is 155 g/mol. The van der Waals surface area contributed by atoms with Crippen molar-refractivity contribution in [3.8, 4) is 0 Å². The maximum atomic E-state index is 8.73. The Hall–Kier alpha value is -0.670. The molecule has 0 atom stereocenters. The van der Waals surface area contributed by atoms with Crippen LogP contribution in [-0.4, -0.2) is 35.2 Å². The molecule has 3 heteroatoms. The van der Waals surface area contributed by atoms with Gasteiger partial charge in [-0.2, -0.15) is 0 Å². The van der Waals surface area contributed by atoms with Crippen LogP contribution < -0.4 is 0 Å². The predicted octanol–water partition coefficient (Wildman–Crippen LogP) is 0.131. The van der Waals surface area contributed by atoms with Crippen molar-refractivity contribution in [1.29, 1.82) is 0 Å². The third kappa shape index (κ3) is 1.88. The molecule has 62 valence electrons. The number of rotatable bonds is 4. The summed E-state index contributed by atoms with van der Waals surface area (Å²) < 4.78 is 0. The van der Waals surface area contributed by atoms with Gasteiger partial charge in [-0.25, -0.2) is 0 Å². The number of hydrogen-bond donors (Lipinski definition) is 2. The molecular weight excluding hydrogens is 142 g/mol. The van der Waals surface area contributed by atoms with Crippen LogP contribution in [0.25, 0.3) is 0 Å². The first-order valence-electron chi connectivity index (χ1n) is 3.78. The quantitative estimate of drug-likeness (QED) is 0.606. The van der Waals surface area contributed by atoms with Gasteiger partial charge in [0.15, 0.2) is 0 Å². The Kier molecular flexibility index (Phi) is 2.79. The van der Waals surface area contributed by atoms with Gasteiger partial charge in [-0.15, -0.1) is 0 Å². The highest BCUT2D eigenvalue weighted by atomic mass is 16.3. The Bertz CT molecular complexity index is 155. The van der Waals surface area contributed by atoms with Crippen LogP contribution in [0.4, 0.5) is 0 Å². The van der Waals surface area contributed by atoms with Crippen LogP contribution in [0.5, 0.6) is 0 Å². The number of allylic oxidation sites excluding steroid dienone is 1. The molecule has 0 unspecified atom stereocenters. The molecule has 1 rings (SSSR count). The Morgan fingerprint density at radius 1 is 1.18 bits per heavy atom. The summed E-state index contributed by atoms with van der Waals surface area (Å²) in [5.41, 5.74) is -0.316. The van der Waals surface area contributed by atoms with Gasteiger partial charge in [-0.1, -0.05) is 6.08 Å². The number of nitrogens with zero attached hydrogens (tertiary/aromatic N) is 1. The number of aliphatic imine (C=N–C) groups is 1. The molecule has 0 aromatic rings. The molecule has 1 aliphatic rings. The van der Waals surface area contributed by atoms with E-state index in [0.29, 0.717) is 12.8 Å². The van der Waals surface area contributed by atoms with Gasteiger partial charge in [0.2, 0.25) is 0 Å². The molecule has 1 heterocycles. The molecule has 0 radical (unpaired) electrons. The van der Waals surface area contributed by atoms with Crippen LogP contribution in [0.1, 0.15) is 12.8 Å². The van der Waals surface area contributed by atoms with Gasteiger partial charge in [0, 0.05) is 19.4 Å². The second-order valence-electron chi connectivity index (χ2n) is 2.69. The van der Waals surface area contributed by atoms with E-state index in [2.05, 4.69) is 4.99 Å². The average molecular weight is 155 g/mol. The Balaban J connectivity index is 2.56. The van der Waals surface area contributed by atoms with E-state index in [0.717, 1.165) is 0 Å². The van der Waals surface area contributed by atoms with E-state index >= 15 is 0 Å². The summed E-state index contributed by atoms with van der Waals surface area (Å²) >= 11 is 0. The minimum absolute atomic E-state index is 0.113. The lowest BCUT2D eigenvalue weighted by atomic mass is 9.94. The highest BCUT2D eigenvalue weighted by molar-refractivity contribution is 5.75. The second-order valence-corrected chi connectivity index (χ2v) is 2.69. The van der Waals surface area contributed by atoms with Gasteiger partial charge in [-0.3, -0.25) is 4.99 Å². The zero-order chi connectivity index (χ0) is 8.16. The number of aliphatic hydroxyl groups is 2. The summed E-state index contributed by atoms with van der Waals surface area (Å²) in [4.78, 5) is 4.19. The largest absolute Gasteiger partial charge is 0.396 e. The van der Waals surface area contributed by atoms with Crippen molar-refractivity contribution in [2.24, 2.45) is 4.99 Å². The summed E-state index contributed by atoms with van der Waals surface area (Å²) in [6, 6.07) is 0. The van der Waals surface area contributed by atoms with Crippen molar-refractivity contribution in [1.82, 2.24) is 0 Å². The minimum atomic E-state index is -0.316. The van der Waals surface area contributed by atoms with E-state index in [1.807, 2.05) is 12.2 Å². The lowest BCUT2D eigenvalue weighted by Gasteiger charge is -2.21. The first-order valence-corrected chi connectivity index (χ1v) is 3.78. The predicted molar refractivity (Wildman–Crippen MR) is 43.8 cm³/mol. The van der Waals surface area contributed by atoms with Gasteiger partial charge in [0.05, 0.1) is 5.54 Å². The maximum absolute atomic E-state index is 8.73. The standard InChI is InChI=1S/C8H13NO2/c10-6-3-8(4-7-11)2-1-5-9-8/h1-2,5,10-11H,3-4,6-7H2. The Morgan fingerprint density at radius 3 is 2.18 bits per heavy atom. The molecule has 3 nitrogen and oxygen atoms in total. The van der Waals surface area contributed by atoms with Crippen LogP contribution >= 0.6 is 0 Å². The van der Waals surface area contributed by atoms with Crippen LogP contribution in [0.2, 0.25) is 0 Å². The third-order valence-electron chi connectivity index (χ3n) is 1.91. The SMILES string of the molecule is OCCC1(CCO)C=CC=N1. The zero-order valence-electron chi connectivity index (χ0n) is 6.40. The fourth-order valence-electron chi connectivity index (χ4n) is 1.26. The van der Waals surface area contributed by atoms with Crippen molar-refractivity contribution in [2.75, 3.05) is 13.2 Å². The van der Waals surface area contributed by atoms with E-state index < -0.39 is 0 Å². The summed E-state index contributed by atoms with van der Waals surface area (Å²) in [6.45, 7) is 0.226. The molecular formula is C8H13NO2. The molecule has 0 spiro atoms. The van der Waals surface area contributed by atoms with Crippen LogP contribution in [0.3, 0.4) is 0 Å². The van der Waals surface area contributed by atoms with Crippen molar-refractivity contribution in [3.63, 3.8) is 0 Å². The number of hydrogen-bond acceptors (Lipinski definition) is 3. The van der Waals surface area contributed by atoms with Crippen molar-refractivity contribution in [2.45, 2.75) is 18.4 Å². The van der Waals surface area contributed by atoms with Crippen LogP contribution in [-0.2, 0) is 0 Å². The highest BCUT2D eigenvalue weighted by Crippen LogP contribution is 2.24. The third-order valence-corrected chi connectivity index (χ3v) is 1.91. The van der Waals surface area contributed by atoms with Crippen molar-refractivity contribution < 1.29 is 10.2 Å². The first kappa shape index (κ1) is 8.43. The molecule has 0 bridgehead atoms. The molecule has 0 saturated carbocycles. The van der Waals surface area contributed by atoms with Gasteiger partial charge < -0.3 is 10.2 Å². The van der Waals surface area contributed by atoms with E-state index in [1.165, 1.54) is 0 Å². The average Bonchev–Trinajstić information content (AvgIpc) is 2.39. The van der Waals surface area contributed by atoms with Crippen LogP contribution in [0, 0.1) is 0 Å². The highest BCUT2D eigenvalue weighted by Gasteiger charge is 2.25. The number of aliphatic hydroxyl groups excluding tert-OH is 2. The molecule has 0 aliphatic carbocycles. The smallest absolute Gasteiger partial charge is 0.0834 e. The van der Waals surface area contributed by atoms with E-state index in [9.17, 15) is 0 Å². The first-order chi connectivity index (χ1) is 5.33. The van der Waals surface area contributed by atoms with E-state index in [-0.39, 0.29) is 18.8 Å². The lowest BCUT2D eigenvalue weighted by molar-refractivity contribution is 0.219. The Labute approximate surface area is 66.1 Å². The minimum Gasteiger partial charge on any atom is -0.396 e. The Morgan fingerprint density at radius 2 is 1.82 bits per heavy atom. The van der Waals surface area contributed by atoms with Gasteiger partial charge in [0.1, 0.15) is 0 Å². The fourth-order valence-corrected chi connectivity index (χ4v) is 1.26. The second kappa shape index (κ2) is 3.64. The van der Waals surface area contributed by atoms with Gasteiger partial charge in [0.25, 0.3) is 0 Å². The summed E-state index contributed by atoms with van der Waals surface area (Å²) in [5.74, 6) is 0. The van der Waals surface area contributed by atoms with E-state index in [4.69, 9.17) is 10.2 Å². The topological polar surface area (TPSA) is 52.8 Å². The molecule has 1 aliphatic heterocycles. The lowest BCUT2D eigenvalue weighted by Crippen LogP contribution is -2.24. The molecule has 2 N–H and O–H groups in total. The summed E-state index contributed by atoms with van der Waals surface area (Å²) in [5, 5.41) is 17.5. The summed E-state index contributed by atoms with van der Waals surface area (Å²) in [7, 11) is 0. The zero-order valence-corrected chi connectivity index (χ0v) is 6.40. The fraction of sp³-hybridized carbons (Fsp3) is 0.625. The summed E-state index contributed by atoms with van der Waals surface area (Å²) in [6.07, 6.45) is 6.69. The normalized spacial score (nSPS) is 19.5. The van der Waals surface area contributed by atoms with Crippen LogP contribution in [0.15, 0.2) is 17.1 Å².